The minimum Gasteiger partial charge on any atom is -0.398 e. The number of aryl methyl sites for hydroxylation is 2. The Hall–Kier alpha value is -1.05. The van der Waals surface area contributed by atoms with Gasteiger partial charge < -0.3 is 5.73 Å². The van der Waals surface area contributed by atoms with E-state index in [1.54, 1.807) is 0 Å². The van der Waals surface area contributed by atoms with Crippen molar-refractivity contribution < 1.29 is 0 Å². The third-order valence-corrected chi connectivity index (χ3v) is 2.64. The van der Waals surface area contributed by atoms with Crippen LogP contribution in [0, 0.1) is 0 Å². The number of nitrogen functional groups attached to an aromatic ring is 1. The summed E-state index contributed by atoms with van der Waals surface area (Å²) in [5, 5.41) is 0. The molecule has 2 rings (SSSR count). The van der Waals surface area contributed by atoms with Crippen LogP contribution in [0.4, 0.5) is 5.69 Å². The fourth-order valence-electron chi connectivity index (χ4n) is 2.02. The Morgan fingerprint density at radius 3 is 3.08 bits per heavy atom. The zero-order valence-electron chi connectivity index (χ0n) is 8.14. The Kier molecular flexibility index (Phi) is 2.21. The third-order valence-electron chi connectivity index (χ3n) is 2.64. The number of hydrogen-bond acceptors (Lipinski definition) is 2. The van der Waals surface area contributed by atoms with Crippen LogP contribution in [-0.2, 0) is 19.3 Å². The van der Waals surface area contributed by atoms with Gasteiger partial charge in [0.1, 0.15) is 0 Å². The van der Waals surface area contributed by atoms with Gasteiger partial charge in [-0.1, -0.05) is 13.3 Å². The molecule has 0 amide bonds. The Labute approximate surface area is 79.2 Å². The van der Waals surface area contributed by atoms with E-state index in [0.717, 1.165) is 31.4 Å². The molecule has 0 spiro atoms. The van der Waals surface area contributed by atoms with E-state index in [9.17, 15) is 0 Å². The molecule has 0 saturated heterocycles. The van der Waals surface area contributed by atoms with Crippen LogP contribution < -0.4 is 5.73 Å². The van der Waals surface area contributed by atoms with Gasteiger partial charge in [-0.2, -0.15) is 0 Å². The Bertz CT molecular complexity index is 318. The van der Waals surface area contributed by atoms with Crippen LogP contribution in [0.1, 0.15) is 36.7 Å². The first kappa shape index (κ1) is 8.54. The summed E-state index contributed by atoms with van der Waals surface area (Å²) >= 11 is 0. The van der Waals surface area contributed by atoms with Gasteiger partial charge in [-0.3, -0.25) is 4.98 Å². The third kappa shape index (κ3) is 1.53. The number of rotatable bonds is 2. The van der Waals surface area contributed by atoms with E-state index in [4.69, 9.17) is 5.73 Å². The minimum absolute atomic E-state index is 0.964. The Morgan fingerprint density at radius 2 is 2.31 bits per heavy atom. The number of hydrogen-bond donors (Lipinski definition) is 1. The monoisotopic (exact) mass is 176 g/mol. The van der Waals surface area contributed by atoms with E-state index in [2.05, 4.69) is 11.9 Å². The first-order chi connectivity index (χ1) is 6.31. The molecule has 2 N–H and O–H groups in total. The van der Waals surface area contributed by atoms with Gasteiger partial charge >= 0.3 is 0 Å². The molecule has 1 aliphatic rings. The molecule has 0 fully saturated rings. The van der Waals surface area contributed by atoms with Gasteiger partial charge in [0.2, 0.25) is 0 Å². The van der Waals surface area contributed by atoms with Crippen LogP contribution >= 0.6 is 0 Å². The molecule has 2 heteroatoms. The lowest BCUT2D eigenvalue weighted by Crippen LogP contribution is -2.00. The second kappa shape index (κ2) is 3.36. The summed E-state index contributed by atoms with van der Waals surface area (Å²) in [6.07, 6.45) is 5.67. The van der Waals surface area contributed by atoms with Crippen molar-refractivity contribution in [2.24, 2.45) is 0 Å². The van der Waals surface area contributed by atoms with Crippen molar-refractivity contribution in [2.75, 3.05) is 5.73 Å². The van der Waals surface area contributed by atoms with Gasteiger partial charge in [0.15, 0.2) is 0 Å². The molecule has 70 valence electrons. The molecule has 13 heavy (non-hydrogen) atoms. The summed E-state index contributed by atoms with van der Waals surface area (Å²) in [4.78, 5) is 4.62. The maximum absolute atomic E-state index is 5.96. The van der Waals surface area contributed by atoms with E-state index in [0.29, 0.717) is 0 Å². The van der Waals surface area contributed by atoms with Crippen LogP contribution in [0.25, 0.3) is 0 Å². The van der Waals surface area contributed by atoms with Gasteiger partial charge in [0.25, 0.3) is 0 Å². The van der Waals surface area contributed by atoms with Crippen molar-refractivity contribution in [1.82, 2.24) is 4.98 Å². The molecule has 1 aromatic heterocycles. The standard InChI is InChI=1S/C11H16N2/c1-2-4-8-7-10(12)9-5-3-6-11(9)13-8/h7H,2-6H2,1H3,(H2,12,13). The van der Waals surface area contributed by atoms with E-state index in [1.165, 1.54) is 23.4 Å². The van der Waals surface area contributed by atoms with Crippen molar-refractivity contribution in [3.05, 3.63) is 23.0 Å². The van der Waals surface area contributed by atoms with Crippen LogP contribution in [-0.4, -0.2) is 4.98 Å². The summed E-state index contributed by atoms with van der Waals surface area (Å²) in [5.41, 5.74) is 10.7. The SMILES string of the molecule is CCCc1cc(N)c2c(n1)CCC2. The summed E-state index contributed by atoms with van der Waals surface area (Å²) in [6.45, 7) is 2.17. The van der Waals surface area contributed by atoms with Crippen LogP contribution in [0.5, 0.6) is 0 Å². The molecular weight excluding hydrogens is 160 g/mol. The van der Waals surface area contributed by atoms with Crippen LogP contribution in [0.3, 0.4) is 0 Å². The summed E-state index contributed by atoms with van der Waals surface area (Å²) in [5.74, 6) is 0. The normalized spacial score (nSPS) is 14.5. The predicted molar refractivity (Wildman–Crippen MR) is 54.7 cm³/mol. The molecule has 0 aromatic carbocycles. The van der Waals surface area contributed by atoms with E-state index in [1.807, 2.05) is 6.07 Å². The number of nitrogens with two attached hydrogens (primary N) is 1. The first-order valence-corrected chi connectivity index (χ1v) is 5.08. The zero-order valence-corrected chi connectivity index (χ0v) is 8.14. The number of nitrogens with zero attached hydrogens (tertiary/aromatic N) is 1. The average Bonchev–Trinajstić information content (AvgIpc) is 2.53. The zero-order chi connectivity index (χ0) is 9.26. The van der Waals surface area contributed by atoms with Gasteiger partial charge in [-0.05, 0) is 37.3 Å². The van der Waals surface area contributed by atoms with E-state index in [-0.39, 0.29) is 0 Å². The number of aromatic nitrogens is 1. The Balaban J connectivity index is 2.37. The van der Waals surface area contributed by atoms with Crippen LogP contribution in [0.15, 0.2) is 6.07 Å². The molecule has 1 aliphatic carbocycles. The quantitative estimate of drug-likeness (QED) is 0.749. The number of pyridine rings is 1. The lowest BCUT2D eigenvalue weighted by atomic mass is 10.1. The highest BCUT2D eigenvalue weighted by molar-refractivity contribution is 5.51. The highest BCUT2D eigenvalue weighted by Crippen LogP contribution is 2.26. The maximum Gasteiger partial charge on any atom is 0.0459 e. The molecule has 1 aromatic rings. The predicted octanol–water partition coefficient (Wildman–Crippen LogP) is 2.10. The minimum atomic E-state index is 0.964. The smallest absolute Gasteiger partial charge is 0.0459 e. The molecule has 0 unspecified atom stereocenters. The van der Waals surface area contributed by atoms with Crippen molar-refractivity contribution >= 4 is 5.69 Å². The first-order valence-electron chi connectivity index (χ1n) is 5.08. The van der Waals surface area contributed by atoms with Crippen molar-refractivity contribution in [1.29, 1.82) is 0 Å². The summed E-state index contributed by atoms with van der Waals surface area (Å²) in [6, 6.07) is 2.05. The molecule has 1 heterocycles. The molecule has 0 saturated carbocycles. The van der Waals surface area contributed by atoms with E-state index >= 15 is 0 Å². The topological polar surface area (TPSA) is 38.9 Å². The molecule has 0 atom stereocenters. The molecule has 2 nitrogen and oxygen atoms in total. The van der Waals surface area contributed by atoms with Crippen LogP contribution in [0.2, 0.25) is 0 Å². The summed E-state index contributed by atoms with van der Waals surface area (Å²) < 4.78 is 0. The lowest BCUT2D eigenvalue weighted by Gasteiger charge is -2.06. The Morgan fingerprint density at radius 1 is 1.46 bits per heavy atom. The fraction of sp³-hybridized carbons (Fsp3) is 0.545. The number of anilines is 1. The van der Waals surface area contributed by atoms with Crippen molar-refractivity contribution in [2.45, 2.75) is 39.0 Å². The van der Waals surface area contributed by atoms with E-state index < -0.39 is 0 Å². The second-order valence-electron chi connectivity index (χ2n) is 3.73. The fourth-order valence-corrected chi connectivity index (χ4v) is 2.02. The molecule has 0 bridgehead atoms. The second-order valence-corrected chi connectivity index (χ2v) is 3.73. The molecule has 0 radical (unpaired) electrons. The van der Waals surface area contributed by atoms with Crippen molar-refractivity contribution in [3.63, 3.8) is 0 Å². The van der Waals surface area contributed by atoms with Gasteiger partial charge in [0.05, 0.1) is 0 Å². The van der Waals surface area contributed by atoms with Gasteiger partial charge in [-0.15, -0.1) is 0 Å². The highest BCUT2D eigenvalue weighted by Gasteiger charge is 2.15. The van der Waals surface area contributed by atoms with Gasteiger partial charge in [0, 0.05) is 17.1 Å². The van der Waals surface area contributed by atoms with Crippen molar-refractivity contribution in [3.8, 4) is 0 Å². The average molecular weight is 176 g/mol. The van der Waals surface area contributed by atoms with Gasteiger partial charge in [-0.25, -0.2) is 0 Å². The lowest BCUT2D eigenvalue weighted by molar-refractivity contribution is 0.856. The largest absolute Gasteiger partial charge is 0.398 e. The summed E-state index contributed by atoms with van der Waals surface area (Å²) in [7, 11) is 0. The maximum atomic E-state index is 5.96. The number of fused-ring (bicyclic) bond motifs is 1. The molecule has 0 aliphatic heterocycles. The molecular formula is C11H16N2. The highest BCUT2D eigenvalue weighted by atomic mass is 14.7.